The zero-order valence-corrected chi connectivity index (χ0v) is 13.6. The zero-order valence-electron chi connectivity index (χ0n) is 13.6. The first-order valence-electron chi connectivity index (χ1n) is 8.50. The molecule has 1 fully saturated rings. The van der Waals surface area contributed by atoms with Crippen LogP contribution in [-0.4, -0.2) is 55.9 Å². The molecule has 1 aliphatic rings. The van der Waals surface area contributed by atoms with Crippen molar-refractivity contribution in [2.45, 2.75) is 12.5 Å². The maximum atomic E-state index is 10.3. The highest BCUT2D eigenvalue weighted by Gasteiger charge is 2.10. The van der Waals surface area contributed by atoms with Crippen molar-refractivity contribution in [2.24, 2.45) is 0 Å². The number of nitrogens with zero attached hydrogens (tertiary/aromatic N) is 1. The van der Waals surface area contributed by atoms with Crippen molar-refractivity contribution in [3.05, 3.63) is 48.0 Å². The van der Waals surface area contributed by atoms with E-state index in [4.69, 9.17) is 4.74 Å². The van der Waals surface area contributed by atoms with Crippen LogP contribution in [0.4, 0.5) is 0 Å². The molecule has 0 aromatic heterocycles. The topological polar surface area (TPSA) is 44.7 Å². The van der Waals surface area contributed by atoms with E-state index in [1.54, 1.807) is 0 Å². The predicted octanol–water partition coefficient (Wildman–Crippen LogP) is 2.19. The number of aliphatic hydroxyl groups excluding tert-OH is 1. The molecule has 2 aromatic carbocycles. The fraction of sp³-hybridized carbons (Fsp3) is 0.474. The van der Waals surface area contributed by atoms with Gasteiger partial charge in [-0.3, -0.25) is 4.90 Å². The van der Waals surface area contributed by atoms with Crippen LogP contribution in [0.2, 0.25) is 0 Å². The summed E-state index contributed by atoms with van der Waals surface area (Å²) in [4.78, 5) is 2.44. The molecule has 1 heterocycles. The molecule has 1 saturated heterocycles. The number of nitrogens with one attached hydrogen (secondary N) is 1. The van der Waals surface area contributed by atoms with Crippen LogP contribution >= 0.6 is 0 Å². The van der Waals surface area contributed by atoms with Gasteiger partial charge in [0.25, 0.3) is 0 Å². The Morgan fingerprint density at radius 2 is 1.87 bits per heavy atom. The molecule has 4 heteroatoms. The highest BCUT2D eigenvalue weighted by Crippen LogP contribution is 2.20. The summed E-state index contributed by atoms with van der Waals surface area (Å²) in [7, 11) is 0. The maximum Gasteiger partial charge on any atom is 0.0914 e. The van der Waals surface area contributed by atoms with Crippen molar-refractivity contribution in [2.75, 3.05) is 45.9 Å². The summed E-state index contributed by atoms with van der Waals surface area (Å²) < 4.78 is 5.35. The van der Waals surface area contributed by atoms with Crippen molar-refractivity contribution < 1.29 is 9.84 Å². The first-order valence-corrected chi connectivity index (χ1v) is 8.50. The second-order valence-electron chi connectivity index (χ2n) is 6.13. The number of ether oxygens (including phenoxy) is 1. The number of hydrogen-bond acceptors (Lipinski definition) is 4. The minimum absolute atomic E-state index is 0.456. The van der Waals surface area contributed by atoms with Crippen LogP contribution in [0, 0.1) is 0 Å². The van der Waals surface area contributed by atoms with Gasteiger partial charge >= 0.3 is 0 Å². The molecule has 124 valence electrons. The average Bonchev–Trinajstić information content (AvgIpc) is 2.61. The molecular formula is C19H26N2O2. The normalized spacial score (nSPS) is 17.4. The summed E-state index contributed by atoms with van der Waals surface area (Å²) in [5.41, 5.74) is 0.976. The van der Waals surface area contributed by atoms with Crippen LogP contribution in [0.3, 0.4) is 0 Å². The largest absolute Gasteiger partial charge is 0.387 e. The van der Waals surface area contributed by atoms with Gasteiger partial charge < -0.3 is 15.2 Å². The first-order chi connectivity index (χ1) is 11.3. The number of aliphatic hydroxyl groups is 1. The molecule has 4 nitrogen and oxygen atoms in total. The smallest absolute Gasteiger partial charge is 0.0914 e. The van der Waals surface area contributed by atoms with Crippen molar-refractivity contribution in [1.82, 2.24) is 10.2 Å². The lowest BCUT2D eigenvalue weighted by atomic mass is 10.0. The van der Waals surface area contributed by atoms with E-state index in [2.05, 4.69) is 34.5 Å². The van der Waals surface area contributed by atoms with Crippen LogP contribution in [0.25, 0.3) is 10.8 Å². The molecule has 0 radical (unpaired) electrons. The number of morpholine rings is 1. The lowest BCUT2D eigenvalue weighted by molar-refractivity contribution is 0.0373. The SMILES string of the molecule is O[C@@H](CNCCCN1CCOCC1)c1ccc2ccccc2c1. The summed E-state index contributed by atoms with van der Waals surface area (Å²) >= 11 is 0. The number of benzene rings is 2. The molecule has 3 rings (SSSR count). The van der Waals surface area contributed by atoms with E-state index in [9.17, 15) is 5.11 Å². The van der Waals surface area contributed by atoms with E-state index in [1.165, 1.54) is 10.8 Å². The van der Waals surface area contributed by atoms with Crippen LogP contribution < -0.4 is 5.32 Å². The number of hydrogen-bond donors (Lipinski definition) is 2. The third-order valence-electron chi connectivity index (χ3n) is 4.43. The molecule has 0 saturated carbocycles. The van der Waals surface area contributed by atoms with Crippen LogP contribution in [0.15, 0.2) is 42.5 Å². The monoisotopic (exact) mass is 314 g/mol. The average molecular weight is 314 g/mol. The van der Waals surface area contributed by atoms with Crippen LogP contribution in [-0.2, 0) is 4.74 Å². The van der Waals surface area contributed by atoms with E-state index in [0.717, 1.165) is 51.4 Å². The quantitative estimate of drug-likeness (QED) is 0.769. The lowest BCUT2D eigenvalue weighted by Gasteiger charge is -2.26. The van der Waals surface area contributed by atoms with E-state index in [0.29, 0.717) is 6.54 Å². The van der Waals surface area contributed by atoms with Crippen LogP contribution in [0.5, 0.6) is 0 Å². The highest BCUT2D eigenvalue weighted by atomic mass is 16.5. The van der Waals surface area contributed by atoms with Gasteiger partial charge in [-0.1, -0.05) is 36.4 Å². The molecule has 0 spiro atoms. The van der Waals surface area contributed by atoms with Gasteiger partial charge in [0, 0.05) is 19.6 Å². The summed E-state index contributed by atoms with van der Waals surface area (Å²) in [5.74, 6) is 0. The predicted molar refractivity (Wildman–Crippen MR) is 93.7 cm³/mol. The summed E-state index contributed by atoms with van der Waals surface area (Å²) in [6.07, 6.45) is 0.646. The molecule has 23 heavy (non-hydrogen) atoms. The van der Waals surface area contributed by atoms with Gasteiger partial charge in [0.2, 0.25) is 0 Å². The molecule has 2 N–H and O–H groups in total. The molecule has 0 amide bonds. The third-order valence-corrected chi connectivity index (χ3v) is 4.43. The van der Waals surface area contributed by atoms with Crippen molar-refractivity contribution >= 4 is 10.8 Å². The molecule has 2 aromatic rings. The Hall–Kier alpha value is -1.46. The third kappa shape index (κ3) is 4.75. The minimum Gasteiger partial charge on any atom is -0.387 e. The minimum atomic E-state index is -0.456. The van der Waals surface area contributed by atoms with E-state index >= 15 is 0 Å². The molecule has 0 bridgehead atoms. The summed E-state index contributed by atoms with van der Waals surface area (Å²) in [5, 5.41) is 16.1. The van der Waals surface area contributed by atoms with E-state index in [1.807, 2.05) is 18.2 Å². The number of rotatable bonds is 7. The molecular weight excluding hydrogens is 288 g/mol. The fourth-order valence-corrected chi connectivity index (χ4v) is 3.02. The molecule has 0 unspecified atom stereocenters. The molecule has 1 aliphatic heterocycles. The van der Waals surface area contributed by atoms with Gasteiger partial charge in [0.15, 0.2) is 0 Å². The van der Waals surface area contributed by atoms with Crippen molar-refractivity contribution in [1.29, 1.82) is 0 Å². The van der Waals surface area contributed by atoms with Crippen LogP contribution in [0.1, 0.15) is 18.1 Å². The van der Waals surface area contributed by atoms with Crippen molar-refractivity contribution in [3.63, 3.8) is 0 Å². The van der Waals surface area contributed by atoms with Gasteiger partial charge in [-0.2, -0.15) is 0 Å². The van der Waals surface area contributed by atoms with E-state index in [-0.39, 0.29) is 0 Å². The Morgan fingerprint density at radius 3 is 2.70 bits per heavy atom. The van der Waals surface area contributed by atoms with Crippen molar-refractivity contribution in [3.8, 4) is 0 Å². The molecule has 1 atom stereocenters. The Bertz CT molecular complexity index is 611. The lowest BCUT2D eigenvalue weighted by Crippen LogP contribution is -2.37. The van der Waals surface area contributed by atoms with Gasteiger partial charge in [-0.15, -0.1) is 0 Å². The fourth-order valence-electron chi connectivity index (χ4n) is 3.02. The van der Waals surface area contributed by atoms with E-state index < -0.39 is 6.10 Å². The zero-order chi connectivity index (χ0) is 15.9. The second kappa shape index (κ2) is 8.41. The Balaban J connectivity index is 1.40. The Labute approximate surface area is 138 Å². The Morgan fingerprint density at radius 1 is 1.09 bits per heavy atom. The van der Waals surface area contributed by atoms with Gasteiger partial charge in [-0.25, -0.2) is 0 Å². The molecule has 0 aliphatic carbocycles. The van der Waals surface area contributed by atoms with Gasteiger partial charge in [0.05, 0.1) is 19.3 Å². The summed E-state index contributed by atoms with van der Waals surface area (Å²) in [6.45, 7) is 6.42. The summed E-state index contributed by atoms with van der Waals surface area (Å²) in [6, 6.07) is 14.4. The number of fused-ring (bicyclic) bond motifs is 1. The van der Waals surface area contributed by atoms with Gasteiger partial charge in [-0.05, 0) is 41.9 Å². The second-order valence-corrected chi connectivity index (χ2v) is 6.13. The standard InChI is InChI=1S/C19H26N2O2/c22-19(15-20-8-3-9-21-10-12-23-13-11-21)18-7-6-16-4-1-2-5-17(16)14-18/h1-2,4-7,14,19-20,22H,3,8-13,15H2/t19-/m0/s1. The first kappa shape index (κ1) is 16.4. The maximum absolute atomic E-state index is 10.3. The van der Waals surface area contributed by atoms with Gasteiger partial charge in [0.1, 0.15) is 0 Å². The Kier molecular flexibility index (Phi) is 6.00. The highest BCUT2D eigenvalue weighted by molar-refractivity contribution is 5.83.